The highest BCUT2D eigenvalue weighted by atomic mass is 16.2. The van der Waals surface area contributed by atoms with E-state index in [1.165, 1.54) is 11.1 Å². The molecule has 2 fully saturated rings. The predicted octanol–water partition coefficient (Wildman–Crippen LogP) is 4.78. The average molecular weight is 405 g/mol. The summed E-state index contributed by atoms with van der Waals surface area (Å²) < 4.78 is 0. The molecule has 2 aromatic carbocycles. The standard InChI is InChI=1S/C26H32N2O2/c1-19-8-7-13-22(16-19)24-15-14-23(18-28(24)26(30)21-11-5-6-12-21)25(29)27-17-20-9-3-2-4-10-20/h2-4,7-10,13,16,21,23-24H,5-6,11-12,14-15,17-18H2,1H3,(H,27,29). The quantitative estimate of drug-likeness (QED) is 0.780. The van der Waals surface area contributed by atoms with Crippen LogP contribution in [-0.2, 0) is 16.1 Å². The van der Waals surface area contributed by atoms with Crippen LogP contribution in [0.1, 0.15) is 61.3 Å². The third kappa shape index (κ3) is 4.75. The van der Waals surface area contributed by atoms with Crippen molar-refractivity contribution in [1.29, 1.82) is 0 Å². The van der Waals surface area contributed by atoms with Crippen molar-refractivity contribution in [1.82, 2.24) is 10.2 Å². The zero-order valence-corrected chi connectivity index (χ0v) is 17.8. The Morgan fingerprint density at radius 1 is 0.933 bits per heavy atom. The molecule has 1 saturated carbocycles. The molecule has 4 rings (SSSR count). The minimum absolute atomic E-state index is 0.0609. The van der Waals surface area contributed by atoms with Gasteiger partial charge in [0.25, 0.3) is 0 Å². The van der Waals surface area contributed by atoms with Crippen LogP contribution in [0.4, 0.5) is 0 Å². The van der Waals surface area contributed by atoms with Crippen molar-refractivity contribution in [2.75, 3.05) is 6.54 Å². The van der Waals surface area contributed by atoms with Gasteiger partial charge in [0.05, 0.1) is 12.0 Å². The minimum atomic E-state index is -0.139. The van der Waals surface area contributed by atoms with Gasteiger partial charge in [-0.2, -0.15) is 0 Å². The van der Waals surface area contributed by atoms with Gasteiger partial charge in [-0.3, -0.25) is 9.59 Å². The van der Waals surface area contributed by atoms with E-state index in [4.69, 9.17) is 0 Å². The average Bonchev–Trinajstić information content (AvgIpc) is 3.32. The Labute approximate surface area is 179 Å². The van der Waals surface area contributed by atoms with Gasteiger partial charge in [0, 0.05) is 19.0 Å². The first kappa shape index (κ1) is 20.6. The molecule has 2 atom stereocenters. The first-order valence-corrected chi connectivity index (χ1v) is 11.3. The summed E-state index contributed by atoms with van der Waals surface area (Å²) in [5, 5.41) is 3.08. The van der Waals surface area contributed by atoms with E-state index in [2.05, 4.69) is 36.5 Å². The highest BCUT2D eigenvalue weighted by molar-refractivity contribution is 5.83. The largest absolute Gasteiger partial charge is 0.352 e. The van der Waals surface area contributed by atoms with E-state index < -0.39 is 0 Å². The van der Waals surface area contributed by atoms with Gasteiger partial charge in [-0.15, -0.1) is 0 Å². The van der Waals surface area contributed by atoms with Gasteiger partial charge in [-0.25, -0.2) is 0 Å². The van der Waals surface area contributed by atoms with Crippen molar-refractivity contribution in [2.24, 2.45) is 11.8 Å². The molecule has 2 unspecified atom stereocenters. The number of nitrogens with zero attached hydrogens (tertiary/aromatic N) is 1. The van der Waals surface area contributed by atoms with Crippen molar-refractivity contribution in [3.63, 3.8) is 0 Å². The van der Waals surface area contributed by atoms with Gasteiger partial charge >= 0.3 is 0 Å². The summed E-state index contributed by atoms with van der Waals surface area (Å²) in [7, 11) is 0. The van der Waals surface area contributed by atoms with Crippen LogP contribution < -0.4 is 5.32 Å². The molecule has 1 aliphatic carbocycles. The van der Waals surface area contributed by atoms with E-state index >= 15 is 0 Å². The maximum Gasteiger partial charge on any atom is 0.226 e. The van der Waals surface area contributed by atoms with E-state index in [0.29, 0.717) is 13.1 Å². The third-order valence-electron chi connectivity index (χ3n) is 6.68. The van der Waals surface area contributed by atoms with Gasteiger partial charge < -0.3 is 10.2 Å². The number of benzene rings is 2. The molecule has 2 amide bonds. The summed E-state index contributed by atoms with van der Waals surface area (Å²) in [5.41, 5.74) is 3.51. The minimum Gasteiger partial charge on any atom is -0.352 e. The molecular formula is C26H32N2O2. The lowest BCUT2D eigenvalue weighted by Gasteiger charge is -2.41. The number of aryl methyl sites for hydroxylation is 1. The van der Waals surface area contributed by atoms with Gasteiger partial charge in [0.15, 0.2) is 0 Å². The van der Waals surface area contributed by atoms with Crippen LogP contribution >= 0.6 is 0 Å². The number of hydrogen-bond acceptors (Lipinski definition) is 2. The molecule has 158 valence electrons. The van der Waals surface area contributed by atoms with Crippen molar-refractivity contribution in [3.05, 3.63) is 71.3 Å². The lowest BCUT2D eigenvalue weighted by Crippen LogP contribution is -2.48. The van der Waals surface area contributed by atoms with Crippen molar-refractivity contribution >= 4 is 11.8 Å². The summed E-state index contributed by atoms with van der Waals surface area (Å²) >= 11 is 0. The number of carbonyl (C=O) groups is 2. The maximum absolute atomic E-state index is 13.4. The Morgan fingerprint density at radius 3 is 2.43 bits per heavy atom. The third-order valence-corrected chi connectivity index (χ3v) is 6.68. The molecule has 2 aliphatic rings. The molecule has 2 aromatic rings. The maximum atomic E-state index is 13.4. The van der Waals surface area contributed by atoms with Crippen molar-refractivity contribution in [3.8, 4) is 0 Å². The normalized spacial score (nSPS) is 22.1. The molecule has 4 heteroatoms. The molecule has 30 heavy (non-hydrogen) atoms. The van der Waals surface area contributed by atoms with Crippen LogP contribution in [0.2, 0.25) is 0 Å². The number of hydrogen-bond donors (Lipinski definition) is 1. The Bertz CT molecular complexity index is 874. The van der Waals surface area contributed by atoms with E-state index in [1.807, 2.05) is 35.2 Å². The first-order valence-electron chi connectivity index (χ1n) is 11.3. The Hall–Kier alpha value is -2.62. The monoisotopic (exact) mass is 404 g/mol. The Balaban J connectivity index is 1.48. The number of nitrogens with one attached hydrogen (secondary N) is 1. The topological polar surface area (TPSA) is 49.4 Å². The highest BCUT2D eigenvalue weighted by Gasteiger charge is 2.38. The van der Waals surface area contributed by atoms with Crippen LogP contribution in [-0.4, -0.2) is 23.3 Å². The van der Waals surface area contributed by atoms with E-state index in [-0.39, 0.29) is 29.7 Å². The molecule has 0 aromatic heterocycles. The van der Waals surface area contributed by atoms with Gasteiger partial charge in [0.1, 0.15) is 0 Å². The van der Waals surface area contributed by atoms with Crippen LogP contribution in [0.15, 0.2) is 54.6 Å². The molecule has 0 spiro atoms. The SMILES string of the molecule is Cc1cccc(C2CCC(C(=O)NCc3ccccc3)CN2C(=O)C2CCCC2)c1. The second-order valence-electron chi connectivity index (χ2n) is 8.88. The van der Waals surface area contributed by atoms with Gasteiger partial charge in [-0.05, 0) is 43.7 Å². The van der Waals surface area contributed by atoms with Crippen molar-refractivity contribution < 1.29 is 9.59 Å². The molecule has 0 radical (unpaired) electrons. The fourth-order valence-electron chi connectivity index (χ4n) is 4.99. The zero-order valence-electron chi connectivity index (χ0n) is 17.8. The van der Waals surface area contributed by atoms with Crippen LogP contribution in [0.5, 0.6) is 0 Å². The molecular weight excluding hydrogens is 372 g/mol. The molecule has 4 nitrogen and oxygen atoms in total. The molecule has 0 bridgehead atoms. The summed E-state index contributed by atoms with van der Waals surface area (Å²) in [6, 6.07) is 18.5. The second kappa shape index (κ2) is 9.46. The number of likely N-dealkylation sites (tertiary alicyclic amines) is 1. The van der Waals surface area contributed by atoms with E-state index in [0.717, 1.165) is 44.1 Å². The fraction of sp³-hybridized carbons (Fsp3) is 0.462. The smallest absolute Gasteiger partial charge is 0.226 e. The molecule has 1 saturated heterocycles. The fourth-order valence-corrected chi connectivity index (χ4v) is 4.99. The highest BCUT2D eigenvalue weighted by Crippen LogP contribution is 2.37. The summed E-state index contributed by atoms with van der Waals surface area (Å²) in [6.45, 7) is 3.15. The molecule has 1 heterocycles. The summed E-state index contributed by atoms with van der Waals surface area (Å²) in [5.74, 6) is 0.300. The number of amides is 2. The lowest BCUT2D eigenvalue weighted by atomic mass is 9.86. The lowest BCUT2D eigenvalue weighted by molar-refractivity contribution is -0.142. The second-order valence-corrected chi connectivity index (χ2v) is 8.88. The van der Waals surface area contributed by atoms with Gasteiger partial charge in [-0.1, -0.05) is 73.0 Å². The zero-order chi connectivity index (χ0) is 20.9. The van der Waals surface area contributed by atoms with Crippen molar-refractivity contribution in [2.45, 2.75) is 58.0 Å². The first-order chi connectivity index (χ1) is 14.6. The van der Waals surface area contributed by atoms with Crippen LogP contribution in [0.3, 0.4) is 0 Å². The van der Waals surface area contributed by atoms with E-state index in [1.54, 1.807) is 0 Å². The van der Waals surface area contributed by atoms with Crippen LogP contribution in [0.25, 0.3) is 0 Å². The molecule has 1 aliphatic heterocycles. The van der Waals surface area contributed by atoms with Gasteiger partial charge in [0.2, 0.25) is 11.8 Å². The number of carbonyl (C=O) groups excluding carboxylic acids is 2. The van der Waals surface area contributed by atoms with Crippen LogP contribution in [0, 0.1) is 18.8 Å². The summed E-state index contributed by atoms with van der Waals surface area (Å²) in [6.07, 6.45) is 5.90. The number of rotatable bonds is 5. The Kier molecular flexibility index (Phi) is 6.51. The summed E-state index contributed by atoms with van der Waals surface area (Å²) in [4.78, 5) is 28.3. The predicted molar refractivity (Wildman–Crippen MR) is 119 cm³/mol. The van der Waals surface area contributed by atoms with E-state index in [9.17, 15) is 9.59 Å². The Morgan fingerprint density at radius 2 is 1.70 bits per heavy atom. The molecule has 1 N–H and O–H groups in total. The number of piperidine rings is 1.